The van der Waals surface area contributed by atoms with Gasteiger partial charge in [0.15, 0.2) is 0 Å². The van der Waals surface area contributed by atoms with Crippen molar-refractivity contribution in [2.45, 2.75) is 51.0 Å². The van der Waals surface area contributed by atoms with Gasteiger partial charge in [-0.15, -0.1) is 0 Å². The highest BCUT2D eigenvalue weighted by Crippen LogP contribution is 2.36. The van der Waals surface area contributed by atoms with E-state index >= 15 is 0 Å². The molecule has 0 aromatic rings. The number of quaternary nitrogens is 1. The van der Waals surface area contributed by atoms with Gasteiger partial charge in [0.25, 0.3) is 11.8 Å². The van der Waals surface area contributed by atoms with Gasteiger partial charge in [0.05, 0.1) is 32.8 Å². The van der Waals surface area contributed by atoms with Gasteiger partial charge in [-0.25, -0.2) is 0 Å². The number of carbonyl (C=O) groups is 2. The van der Waals surface area contributed by atoms with Gasteiger partial charge in [0.1, 0.15) is 0 Å². The Morgan fingerprint density at radius 2 is 1.80 bits per heavy atom. The van der Waals surface area contributed by atoms with Crippen LogP contribution in [-0.4, -0.2) is 54.1 Å². The highest BCUT2D eigenvalue weighted by molar-refractivity contribution is 6.00. The summed E-state index contributed by atoms with van der Waals surface area (Å²) < 4.78 is 1.16. The van der Waals surface area contributed by atoms with Gasteiger partial charge >= 0.3 is 0 Å². The van der Waals surface area contributed by atoms with E-state index in [1.165, 1.54) is 38.8 Å². The highest BCUT2D eigenvalue weighted by Gasteiger charge is 2.44. The van der Waals surface area contributed by atoms with Gasteiger partial charge in [-0.05, 0) is 25.7 Å². The SMILES string of the molecule is C[N@+]12CCCC[C@H]1[C@H](CON1C(=O)CCC1=O)CCC2. The van der Waals surface area contributed by atoms with E-state index < -0.39 is 0 Å². The first-order valence-electron chi connectivity index (χ1n) is 7.93. The van der Waals surface area contributed by atoms with Gasteiger partial charge < -0.3 is 4.48 Å². The first-order chi connectivity index (χ1) is 9.60. The van der Waals surface area contributed by atoms with Crippen LogP contribution in [0.4, 0.5) is 0 Å². The molecule has 0 N–H and O–H groups in total. The number of hydrogen-bond acceptors (Lipinski definition) is 3. The summed E-state index contributed by atoms with van der Waals surface area (Å²) in [4.78, 5) is 28.7. The van der Waals surface area contributed by atoms with Gasteiger partial charge in [-0.1, -0.05) is 0 Å². The lowest BCUT2D eigenvalue weighted by Crippen LogP contribution is -2.61. The molecule has 0 bridgehead atoms. The molecule has 3 aliphatic rings. The summed E-state index contributed by atoms with van der Waals surface area (Å²) in [5, 5.41) is 1.02. The van der Waals surface area contributed by atoms with Crippen LogP contribution >= 0.6 is 0 Å². The number of amides is 2. The summed E-state index contributed by atoms with van der Waals surface area (Å²) in [5.74, 6) is 0.133. The van der Waals surface area contributed by atoms with Crippen LogP contribution in [0.2, 0.25) is 0 Å². The predicted molar refractivity (Wildman–Crippen MR) is 73.3 cm³/mol. The number of piperidine rings is 2. The Morgan fingerprint density at radius 1 is 1.10 bits per heavy atom. The minimum Gasteiger partial charge on any atom is -0.323 e. The number of hydroxylamine groups is 2. The second-order valence-corrected chi connectivity index (χ2v) is 6.77. The molecule has 3 fully saturated rings. The van der Waals surface area contributed by atoms with E-state index in [0.717, 1.165) is 16.0 Å². The Labute approximate surface area is 120 Å². The van der Waals surface area contributed by atoms with E-state index in [1.54, 1.807) is 0 Å². The fourth-order valence-corrected chi connectivity index (χ4v) is 4.30. The molecule has 3 rings (SSSR count). The molecule has 0 unspecified atom stereocenters. The predicted octanol–water partition coefficient (Wildman–Crippen LogP) is 1.48. The minimum atomic E-state index is -0.174. The Morgan fingerprint density at radius 3 is 2.55 bits per heavy atom. The van der Waals surface area contributed by atoms with E-state index in [2.05, 4.69) is 7.05 Å². The Balaban J connectivity index is 1.61. The molecule has 5 heteroatoms. The fraction of sp³-hybridized carbons (Fsp3) is 0.867. The van der Waals surface area contributed by atoms with E-state index in [9.17, 15) is 9.59 Å². The molecule has 3 atom stereocenters. The highest BCUT2D eigenvalue weighted by atomic mass is 16.7. The second kappa shape index (κ2) is 5.45. The van der Waals surface area contributed by atoms with Crippen molar-refractivity contribution >= 4 is 11.8 Å². The van der Waals surface area contributed by atoms with Crippen molar-refractivity contribution in [3.8, 4) is 0 Å². The lowest BCUT2D eigenvalue weighted by Gasteiger charge is -2.51. The summed E-state index contributed by atoms with van der Waals surface area (Å²) in [6.07, 6.45) is 6.88. The number of imide groups is 1. The number of fused-ring (bicyclic) bond motifs is 1. The molecule has 0 aromatic carbocycles. The van der Waals surface area contributed by atoms with E-state index in [0.29, 0.717) is 31.4 Å². The van der Waals surface area contributed by atoms with Crippen LogP contribution in [0.15, 0.2) is 0 Å². The zero-order valence-corrected chi connectivity index (χ0v) is 12.3. The van der Waals surface area contributed by atoms with Crippen LogP contribution in [-0.2, 0) is 14.4 Å². The largest absolute Gasteiger partial charge is 0.323 e. The molecule has 112 valence electrons. The van der Waals surface area contributed by atoms with Crippen LogP contribution in [0, 0.1) is 5.92 Å². The number of nitrogens with zero attached hydrogens (tertiary/aromatic N) is 2. The number of rotatable bonds is 3. The van der Waals surface area contributed by atoms with Crippen molar-refractivity contribution in [1.29, 1.82) is 0 Å². The van der Waals surface area contributed by atoms with Crippen molar-refractivity contribution in [3.63, 3.8) is 0 Å². The molecule has 2 amide bonds. The molecule has 0 radical (unpaired) electrons. The molecular formula is C15H25N2O3+. The van der Waals surface area contributed by atoms with Gasteiger partial charge in [0, 0.05) is 25.2 Å². The topological polar surface area (TPSA) is 46.6 Å². The minimum absolute atomic E-state index is 0.174. The molecule has 20 heavy (non-hydrogen) atoms. The Bertz CT molecular complexity index is 392. The van der Waals surface area contributed by atoms with Crippen molar-refractivity contribution in [3.05, 3.63) is 0 Å². The summed E-state index contributed by atoms with van der Waals surface area (Å²) in [5.41, 5.74) is 0. The van der Waals surface area contributed by atoms with Crippen LogP contribution < -0.4 is 0 Å². The van der Waals surface area contributed by atoms with E-state index in [4.69, 9.17) is 4.84 Å². The smallest absolute Gasteiger partial charge is 0.253 e. The zero-order chi connectivity index (χ0) is 14.2. The van der Waals surface area contributed by atoms with Crippen LogP contribution in [0.3, 0.4) is 0 Å². The van der Waals surface area contributed by atoms with E-state index in [-0.39, 0.29) is 11.8 Å². The molecule has 3 heterocycles. The number of hydrogen-bond donors (Lipinski definition) is 0. The van der Waals surface area contributed by atoms with E-state index in [1.807, 2.05) is 0 Å². The Hall–Kier alpha value is -0.940. The zero-order valence-electron chi connectivity index (χ0n) is 12.3. The molecule has 0 aliphatic carbocycles. The van der Waals surface area contributed by atoms with Crippen LogP contribution in [0.5, 0.6) is 0 Å². The maximum Gasteiger partial charge on any atom is 0.253 e. The Kier molecular flexibility index (Phi) is 3.82. The maximum atomic E-state index is 11.6. The quantitative estimate of drug-likeness (QED) is 0.581. The van der Waals surface area contributed by atoms with Crippen molar-refractivity contribution in [1.82, 2.24) is 5.06 Å². The molecule has 3 saturated heterocycles. The number of carbonyl (C=O) groups excluding carboxylic acids is 2. The lowest BCUT2D eigenvalue weighted by atomic mass is 9.82. The third-order valence-corrected chi connectivity index (χ3v) is 5.43. The molecule has 3 aliphatic heterocycles. The van der Waals surface area contributed by atoms with Gasteiger partial charge in [-0.3, -0.25) is 14.4 Å². The third-order valence-electron chi connectivity index (χ3n) is 5.43. The molecule has 0 saturated carbocycles. The maximum absolute atomic E-state index is 11.6. The molecule has 0 aromatic heterocycles. The first-order valence-corrected chi connectivity index (χ1v) is 7.93. The average molecular weight is 281 g/mol. The van der Waals surface area contributed by atoms with Crippen LogP contribution in [0.1, 0.15) is 44.9 Å². The first kappa shape index (κ1) is 14.0. The van der Waals surface area contributed by atoms with Gasteiger partial charge in [0.2, 0.25) is 0 Å². The summed E-state index contributed by atoms with van der Waals surface area (Å²) >= 11 is 0. The summed E-state index contributed by atoms with van der Waals surface area (Å²) in [6, 6.07) is 0.644. The third kappa shape index (κ3) is 2.49. The van der Waals surface area contributed by atoms with Crippen molar-refractivity contribution in [2.24, 2.45) is 5.92 Å². The monoisotopic (exact) mass is 281 g/mol. The fourth-order valence-electron chi connectivity index (χ4n) is 4.30. The standard InChI is InChI=1S/C15H25N2O3/c1-17-9-3-2-6-13(17)12(5-4-10-17)11-20-16-14(18)7-8-15(16)19/h12-13H,2-11H2,1H3/q+1/t12-,13-,17+/m0/s1. The summed E-state index contributed by atoms with van der Waals surface area (Å²) in [7, 11) is 2.36. The lowest BCUT2D eigenvalue weighted by molar-refractivity contribution is -0.947. The van der Waals surface area contributed by atoms with Crippen LogP contribution in [0.25, 0.3) is 0 Å². The molecular weight excluding hydrogens is 256 g/mol. The molecule has 0 spiro atoms. The second-order valence-electron chi connectivity index (χ2n) is 6.77. The average Bonchev–Trinajstić information content (AvgIpc) is 2.75. The van der Waals surface area contributed by atoms with Crippen molar-refractivity contribution in [2.75, 3.05) is 26.7 Å². The van der Waals surface area contributed by atoms with Gasteiger partial charge in [-0.2, -0.15) is 5.06 Å². The molecule has 5 nitrogen and oxygen atoms in total. The van der Waals surface area contributed by atoms with Crippen molar-refractivity contribution < 1.29 is 18.9 Å². The summed E-state index contributed by atoms with van der Waals surface area (Å²) in [6.45, 7) is 3.06. The normalized spacial score (nSPS) is 38.1.